The maximum absolute atomic E-state index is 12.8. The second-order valence-electron chi connectivity index (χ2n) is 4.85. The fourth-order valence-electron chi connectivity index (χ4n) is 1.94. The van der Waals surface area contributed by atoms with E-state index in [0.29, 0.717) is 18.5 Å². The molecule has 1 unspecified atom stereocenters. The van der Waals surface area contributed by atoms with Gasteiger partial charge in [-0.3, -0.25) is 4.79 Å². The van der Waals surface area contributed by atoms with Crippen LogP contribution in [0.3, 0.4) is 0 Å². The van der Waals surface area contributed by atoms with Crippen molar-refractivity contribution in [3.8, 4) is 0 Å². The Labute approximate surface area is 128 Å². The van der Waals surface area contributed by atoms with Crippen LogP contribution in [-0.4, -0.2) is 19.0 Å². The lowest BCUT2D eigenvalue weighted by molar-refractivity contribution is -0.161. The topological polar surface area (TPSA) is 29.1 Å². The third kappa shape index (κ3) is 6.61. The molecule has 22 heavy (non-hydrogen) atoms. The van der Waals surface area contributed by atoms with Crippen molar-refractivity contribution in [3.63, 3.8) is 0 Å². The second-order valence-corrected chi connectivity index (χ2v) is 4.85. The van der Waals surface area contributed by atoms with Crippen LogP contribution in [0.15, 0.2) is 59.9 Å². The van der Waals surface area contributed by atoms with Crippen molar-refractivity contribution in [1.29, 1.82) is 0 Å². The second kappa shape index (κ2) is 9.07. The number of carbonyl (C=O) groups excluding carboxylic acids is 1. The summed E-state index contributed by atoms with van der Waals surface area (Å²) in [6, 6.07) is 0. The summed E-state index contributed by atoms with van der Waals surface area (Å²) in [4.78, 5) is 10.8. The van der Waals surface area contributed by atoms with Gasteiger partial charge in [-0.2, -0.15) is 13.2 Å². The van der Waals surface area contributed by atoms with Gasteiger partial charge in [-0.05, 0) is 37.5 Å². The molecule has 1 rings (SSSR count). The predicted molar refractivity (Wildman–Crippen MR) is 82.1 cm³/mol. The normalized spacial score (nSPS) is 19.7. The van der Waals surface area contributed by atoms with Gasteiger partial charge in [0.1, 0.15) is 6.29 Å². The van der Waals surface area contributed by atoms with E-state index in [2.05, 4.69) is 5.32 Å². The van der Waals surface area contributed by atoms with Crippen LogP contribution in [0.25, 0.3) is 0 Å². The highest BCUT2D eigenvalue weighted by atomic mass is 19.4. The molecule has 2 nitrogen and oxygen atoms in total. The zero-order valence-corrected chi connectivity index (χ0v) is 12.4. The van der Waals surface area contributed by atoms with E-state index in [1.54, 1.807) is 0 Å². The fraction of sp³-hybridized carbons (Fsp3) is 0.353. The maximum atomic E-state index is 12.8. The van der Waals surface area contributed by atoms with Crippen LogP contribution in [0.4, 0.5) is 13.2 Å². The van der Waals surface area contributed by atoms with Crippen molar-refractivity contribution < 1.29 is 18.0 Å². The Morgan fingerprint density at radius 1 is 1.27 bits per heavy atom. The van der Waals surface area contributed by atoms with E-state index in [0.717, 1.165) is 12.5 Å². The molecule has 1 aliphatic rings. The van der Waals surface area contributed by atoms with Gasteiger partial charge in [0.2, 0.25) is 0 Å². The molecule has 0 bridgehead atoms. The molecule has 1 aliphatic carbocycles. The van der Waals surface area contributed by atoms with Gasteiger partial charge in [-0.1, -0.05) is 36.5 Å². The Hall–Kier alpha value is -2.04. The number of alkyl halides is 3. The van der Waals surface area contributed by atoms with Crippen LogP contribution in [-0.2, 0) is 4.79 Å². The summed E-state index contributed by atoms with van der Waals surface area (Å²) in [6.07, 6.45) is 10.7. The van der Waals surface area contributed by atoms with Gasteiger partial charge >= 0.3 is 6.18 Å². The predicted octanol–water partition coefficient (Wildman–Crippen LogP) is 4.25. The van der Waals surface area contributed by atoms with E-state index in [4.69, 9.17) is 0 Å². The molecule has 0 spiro atoms. The van der Waals surface area contributed by atoms with Gasteiger partial charge in [-0.15, -0.1) is 0 Å². The van der Waals surface area contributed by atoms with E-state index in [-0.39, 0.29) is 12.0 Å². The van der Waals surface area contributed by atoms with Gasteiger partial charge in [0, 0.05) is 12.2 Å². The first-order valence-corrected chi connectivity index (χ1v) is 7.08. The molecule has 0 aromatic heterocycles. The van der Waals surface area contributed by atoms with E-state index in [1.807, 2.05) is 43.4 Å². The first-order chi connectivity index (χ1) is 10.5. The minimum atomic E-state index is -4.33. The highest BCUT2D eigenvalue weighted by molar-refractivity contribution is 5.75. The van der Waals surface area contributed by atoms with Crippen molar-refractivity contribution in [2.45, 2.75) is 25.9 Å². The molecule has 0 saturated carbocycles. The molecule has 0 saturated heterocycles. The third-order valence-corrected chi connectivity index (χ3v) is 3.05. The van der Waals surface area contributed by atoms with Crippen molar-refractivity contribution in [2.24, 2.45) is 5.92 Å². The summed E-state index contributed by atoms with van der Waals surface area (Å²) in [7, 11) is 0. The molecule has 0 heterocycles. The smallest absolute Gasteiger partial charge is 0.382 e. The van der Waals surface area contributed by atoms with Crippen LogP contribution in [0.5, 0.6) is 0 Å². The fourth-order valence-corrected chi connectivity index (χ4v) is 1.94. The number of aldehydes is 1. The van der Waals surface area contributed by atoms with Crippen molar-refractivity contribution in [2.75, 3.05) is 6.54 Å². The van der Waals surface area contributed by atoms with Crippen LogP contribution in [0, 0.1) is 5.92 Å². The van der Waals surface area contributed by atoms with Crippen LogP contribution >= 0.6 is 0 Å². The summed E-state index contributed by atoms with van der Waals surface area (Å²) < 4.78 is 38.3. The quantitative estimate of drug-likeness (QED) is 0.433. The lowest BCUT2D eigenvalue weighted by Gasteiger charge is -2.22. The lowest BCUT2D eigenvalue weighted by Crippen LogP contribution is -2.26. The summed E-state index contributed by atoms with van der Waals surface area (Å²) in [5.74, 6) is -1.60. The lowest BCUT2D eigenvalue weighted by atomic mass is 9.93. The minimum Gasteiger partial charge on any atom is -0.382 e. The van der Waals surface area contributed by atoms with Gasteiger partial charge < -0.3 is 5.32 Å². The van der Waals surface area contributed by atoms with E-state index in [9.17, 15) is 18.0 Å². The molecule has 0 fully saturated rings. The van der Waals surface area contributed by atoms with Crippen molar-refractivity contribution >= 4 is 6.29 Å². The van der Waals surface area contributed by atoms with Crippen LogP contribution < -0.4 is 5.32 Å². The zero-order chi connectivity index (χ0) is 16.4. The number of allylic oxidation sites excluding steroid dienone is 8. The molecule has 0 aromatic carbocycles. The zero-order valence-electron chi connectivity index (χ0n) is 12.4. The molecule has 0 amide bonds. The average molecular weight is 311 g/mol. The van der Waals surface area contributed by atoms with Gasteiger partial charge in [0.25, 0.3) is 0 Å². The molecule has 120 valence electrons. The van der Waals surface area contributed by atoms with Gasteiger partial charge in [0.15, 0.2) is 0 Å². The molecule has 0 aliphatic heterocycles. The Morgan fingerprint density at radius 3 is 2.68 bits per heavy atom. The standard InChI is InChI=1S/C17H20F3NO/c1-2-3-4-5-6-7-8-9-21-16-11-14(13-22)10-15(12-16)17(18,19)20/h2-5,7-8,11-13,15,21H,6,9-10H2,1H3/b3-2-,5-4-,8-7+. The van der Waals surface area contributed by atoms with Crippen LogP contribution in [0.1, 0.15) is 19.8 Å². The number of hydrogen-bond acceptors (Lipinski definition) is 2. The monoisotopic (exact) mass is 311 g/mol. The number of hydrogen-bond donors (Lipinski definition) is 1. The number of carbonyl (C=O) groups is 1. The van der Waals surface area contributed by atoms with Crippen molar-refractivity contribution in [1.82, 2.24) is 5.32 Å². The Morgan fingerprint density at radius 2 is 2.05 bits per heavy atom. The SMILES string of the molecule is C/C=C\C=C/C/C=C/CNC1=CC(C(F)(F)F)CC(C=O)=C1. The molecule has 1 atom stereocenters. The van der Waals surface area contributed by atoms with E-state index >= 15 is 0 Å². The molecule has 0 radical (unpaired) electrons. The van der Waals surface area contributed by atoms with E-state index < -0.39 is 12.1 Å². The van der Waals surface area contributed by atoms with Crippen molar-refractivity contribution in [3.05, 3.63) is 59.9 Å². The average Bonchev–Trinajstić information content (AvgIpc) is 2.48. The molecule has 5 heteroatoms. The Balaban J connectivity index is 2.52. The molecular formula is C17H20F3NO. The summed E-state index contributed by atoms with van der Waals surface area (Å²) in [5.41, 5.74) is 0.496. The first kappa shape index (κ1) is 18.0. The maximum Gasteiger partial charge on any atom is 0.395 e. The molecule has 1 N–H and O–H groups in total. The van der Waals surface area contributed by atoms with E-state index in [1.165, 1.54) is 6.08 Å². The van der Waals surface area contributed by atoms with Crippen LogP contribution in [0.2, 0.25) is 0 Å². The molecule has 0 aromatic rings. The van der Waals surface area contributed by atoms with Gasteiger partial charge in [-0.25, -0.2) is 0 Å². The highest BCUT2D eigenvalue weighted by Gasteiger charge is 2.39. The molecular weight excluding hydrogens is 291 g/mol. The largest absolute Gasteiger partial charge is 0.395 e. The summed E-state index contributed by atoms with van der Waals surface area (Å²) >= 11 is 0. The third-order valence-electron chi connectivity index (χ3n) is 3.05. The first-order valence-electron chi connectivity index (χ1n) is 7.08. The summed E-state index contributed by atoms with van der Waals surface area (Å²) in [5, 5.41) is 2.89. The Kier molecular flexibility index (Phi) is 7.43. The number of rotatable bonds is 7. The highest BCUT2D eigenvalue weighted by Crippen LogP contribution is 2.35. The van der Waals surface area contributed by atoms with Gasteiger partial charge in [0.05, 0.1) is 5.92 Å². The summed E-state index contributed by atoms with van der Waals surface area (Å²) in [6.45, 7) is 2.34. The number of halogens is 3. The Bertz CT molecular complexity index is 510. The number of nitrogens with one attached hydrogen (secondary N) is 1. The minimum absolute atomic E-state index is 0.158.